The van der Waals surface area contributed by atoms with Gasteiger partial charge in [0.25, 0.3) is 0 Å². The summed E-state index contributed by atoms with van der Waals surface area (Å²) < 4.78 is 1.05. The van der Waals surface area contributed by atoms with E-state index in [2.05, 4.69) is 22.4 Å². The van der Waals surface area contributed by atoms with E-state index in [-0.39, 0.29) is 12.3 Å². The zero-order valence-electron chi connectivity index (χ0n) is 20.5. The zero-order chi connectivity index (χ0) is 25.8. The standard InChI is InChI=1S/C30H24N4OS2/c1-19-8-11-21(12-9-19)23-17-26(22-6-4-3-5-7-22)32-29(24(23)18-31)36-15-14-28(35)34-30-33-25-13-10-20(2)16-27(25)37-30/h3-13,16-17H,14-15H2,1-2H3,(H,33,34,35). The van der Waals surface area contributed by atoms with Crippen LogP contribution in [0.15, 0.2) is 83.9 Å². The second-order valence-corrected chi connectivity index (χ2v) is 10.8. The highest BCUT2D eigenvalue weighted by atomic mass is 32.2. The van der Waals surface area contributed by atoms with E-state index in [1.807, 2.05) is 86.6 Å². The van der Waals surface area contributed by atoms with Crippen molar-refractivity contribution in [3.05, 3.63) is 95.6 Å². The Hall–Kier alpha value is -3.99. The molecule has 0 aliphatic carbocycles. The van der Waals surface area contributed by atoms with Crippen LogP contribution in [0.3, 0.4) is 0 Å². The molecule has 2 aromatic heterocycles. The lowest BCUT2D eigenvalue weighted by molar-refractivity contribution is -0.115. The van der Waals surface area contributed by atoms with Gasteiger partial charge in [-0.2, -0.15) is 5.26 Å². The summed E-state index contributed by atoms with van der Waals surface area (Å²) in [5, 5.41) is 14.2. The molecular weight excluding hydrogens is 496 g/mol. The molecule has 0 aliphatic heterocycles. The number of thioether (sulfide) groups is 1. The van der Waals surface area contributed by atoms with Crippen molar-refractivity contribution in [3.63, 3.8) is 0 Å². The van der Waals surface area contributed by atoms with Gasteiger partial charge in [0.05, 0.1) is 21.5 Å². The topological polar surface area (TPSA) is 78.7 Å². The number of aromatic nitrogens is 2. The van der Waals surface area contributed by atoms with Gasteiger partial charge in [0, 0.05) is 23.3 Å². The summed E-state index contributed by atoms with van der Waals surface area (Å²) in [6.07, 6.45) is 0.279. The molecule has 182 valence electrons. The van der Waals surface area contributed by atoms with Crippen LogP contribution in [0.1, 0.15) is 23.1 Å². The summed E-state index contributed by atoms with van der Waals surface area (Å²) >= 11 is 2.90. The Morgan fingerprint density at radius 3 is 2.46 bits per heavy atom. The number of amides is 1. The molecule has 0 fully saturated rings. The molecule has 1 amide bonds. The molecule has 0 saturated carbocycles. The molecule has 3 aromatic carbocycles. The van der Waals surface area contributed by atoms with Gasteiger partial charge in [-0.3, -0.25) is 4.79 Å². The SMILES string of the molecule is Cc1ccc(-c2cc(-c3ccccc3)nc(SCCC(=O)Nc3nc4ccc(C)cc4s3)c2C#N)cc1. The minimum Gasteiger partial charge on any atom is -0.302 e. The highest BCUT2D eigenvalue weighted by Crippen LogP contribution is 2.34. The maximum Gasteiger partial charge on any atom is 0.226 e. The number of benzene rings is 3. The van der Waals surface area contributed by atoms with Gasteiger partial charge in [0.2, 0.25) is 5.91 Å². The number of thiazole rings is 1. The molecule has 0 atom stereocenters. The van der Waals surface area contributed by atoms with Gasteiger partial charge < -0.3 is 5.32 Å². The fraction of sp³-hybridized carbons (Fsp3) is 0.133. The van der Waals surface area contributed by atoms with Crippen molar-refractivity contribution in [2.24, 2.45) is 0 Å². The Morgan fingerprint density at radius 2 is 1.70 bits per heavy atom. The second-order valence-electron chi connectivity index (χ2n) is 8.72. The molecule has 1 N–H and O–H groups in total. The highest BCUT2D eigenvalue weighted by Gasteiger charge is 2.17. The van der Waals surface area contributed by atoms with Crippen LogP contribution in [0, 0.1) is 25.2 Å². The number of nitriles is 1. The van der Waals surface area contributed by atoms with Crippen molar-refractivity contribution in [2.45, 2.75) is 25.3 Å². The second kappa shape index (κ2) is 11.0. The van der Waals surface area contributed by atoms with Crippen molar-refractivity contribution in [2.75, 3.05) is 11.1 Å². The number of rotatable bonds is 7. The van der Waals surface area contributed by atoms with Crippen molar-refractivity contribution in [3.8, 4) is 28.5 Å². The lowest BCUT2D eigenvalue weighted by Gasteiger charge is -2.13. The summed E-state index contributed by atoms with van der Waals surface area (Å²) in [7, 11) is 0. The molecule has 37 heavy (non-hydrogen) atoms. The first kappa shape index (κ1) is 24.7. The maximum atomic E-state index is 12.7. The average Bonchev–Trinajstić information content (AvgIpc) is 3.30. The first-order valence-electron chi connectivity index (χ1n) is 11.9. The average molecular weight is 521 g/mol. The van der Waals surface area contributed by atoms with Crippen molar-refractivity contribution in [1.29, 1.82) is 5.26 Å². The Kier molecular flexibility index (Phi) is 7.31. The van der Waals surface area contributed by atoms with Gasteiger partial charge in [-0.15, -0.1) is 11.8 Å². The Morgan fingerprint density at radius 1 is 0.946 bits per heavy atom. The Balaban J connectivity index is 1.37. The summed E-state index contributed by atoms with van der Waals surface area (Å²) in [5.41, 5.74) is 7.30. The van der Waals surface area contributed by atoms with E-state index < -0.39 is 0 Å². The number of hydrogen-bond acceptors (Lipinski definition) is 6. The minimum atomic E-state index is -0.111. The van der Waals surface area contributed by atoms with Crippen molar-refractivity contribution < 1.29 is 4.79 Å². The number of fused-ring (bicyclic) bond motifs is 1. The van der Waals surface area contributed by atoms with E-state index in [0.29, 0.717) is 21.5 Å². The highest BCUT2D eigenvalue weighted by molar-refractivity contribution is 7.99. The molecule has 0 radical (unpaired) electrons. The Labute approximate surface area is 224 Å². The predicted octanol–water partition coefficient (Wildman–Crippen LogP) is 7.63. The molecule has 0 unspecified atom stereocenters. The molecule has 0 bridgehead atoms. The molecule has 0 aliphatic rings. The number of carbonyl (C=O) groups is 1. The largest absolute Gasteiger partial charge is 0.302 e. The number of nitrogens with one attached hydrogen (secondary N) is 1. The fourth-order valence-electron chi connectivity index (χ4n) is 3.96. The lowest BCUT2D eigenvalue weighted by atomic mass is 9.98. The van der Waals surface area contributed by atoms with Crippen molar-refractivity contribution >= 4 is 44.4 Å². The van der Waals surface area contributed by atoms with Crippen LogP contribution >= 0.6 is 23.1 Å². The summed E-state index contributed by atoms with van der Waals surface area (Å²) in [4.78, 5) is 22.0. The molecule has 2 heterocycles. The maximum absolute atomic E-state index is 12.7. The van der Waals surface area contributed by atoms with E-state index in [1.165, 1.54) is 23.1 Å². The lowest BCUT2D eigenvalue weighted by Crippen LogP contribution is -2.12. The van der Waals surface area contributed by atoms with Crippen LogP contribution in [-0.4, -0.2) is 21.6 Å². The van der Waals surface area contributed by atoms with Gasteiger partial charge in [0.15, 0.2) is 5.13 Å². The minimum absolute atomic E-state index is 0.111. The molecule has 7 heteroatoms. The van der Waals surface area contributed by atoms with Gasteiger partial charge in [0.1, 0.15) is 11.1 Å². The van der Waals surface area contributed by atoms with Crippen LogP contribution in [0.2, 0.25) is 0 Å². The normalized spacial score (nSPS) is 10.8. The van der Waals surface area contributed by atoms with Crippen LogP contribution < -0.4 is 5.32 Å². The van der Waals surface area contributed by atoms with Crippen LogP contribution in [0.4, 0.5) is 5.13 Å². The number of anilines is 1. The van der Waals surface area contributed by atoms with Crippen LogP contribution in [-0.2, 0) is 4.79 Å². The molecule has 0 saturated heterocycles. The van der Waals surface area contributed by atoms with Gasteiger partial charge in [-0.05, 0) is 43.2 Å². The fourth-order valence-corrected chi connectivity index (χ4v) is 5.88. The number of nitrogens with zero attached hydrogens (tertiary/aromatic N) is 3. The molecule has 5 nitrogen and oxygen atoms in total. The number of hydrogen-bond donors (Lipinski definition) is 1. The Bertz CT molecular complexity index is 1620. The van der Waals surface area contributed by atoms with Crippen LogP contribution in [0.25, 0.3) is 32.6 Å². The van der Waals surface area contributed by atoms with Gasteiger partial charge in [-0.1, -0.05) is 77.6 Å². The van der Waals surface area contributed by atoms with E-state index in [1.54, 1.807) is 0 Å². The van der Waals surface area contributed by atoms with Crippen LogP contribution in [0.5, 0.6) is 0 Å². The summed E-state index contributed by atoms with van der Waals surface area (Å²) in [5.74, 6) is 0.378. The summed E-state index contributed by atoms with van der Waals surface area (Å²) in [6, 6.07) is 28.5. The van der Waals surface area contributed by atoms with E-state index in [0.717, 1.165) is 43.7 Å². The van der Waals surface area contributed by atoms with E-state index in [9.17, 15) is 10.1 Å². The number of pyridine rings is 1. The smallest absolute Gasteiger partial charge is 0.226 e. The molecule has 5 aromatic rings. The van der Waals surface area contributed by atoms with E-state index >= 15 is 0 Å². The van der Waals surface area contributed by atoms with Crippen molar-refractivity contribution in [1.82, 2.24) is 9.97 Å². The quantitative estimate of drug-likeness (QED) is 0.223. The monoisotopic (exact) mass is 520 g/mol. The summed E-state index contributed by atoms with van der Waals surface area (Å²) in [6.45, 7) is 4.08. The molecule has 5 rings (SSSR count). The molecule has 0 spiro atoms. The number of carbonyl (C=O) groups excluding carboxylic acids is 1. The van der Waals surface area contributed by atoms with Gasteiger partial charge in [-0.25, -0.2) is 9.97 Å². The first-order chi connectivity index (χ1) is 18.0. The third kappa shape index (κ3) is 5.72. The third-order valence-corrected chi connectivity index (χ3v) is 7.80. The third-order valence-electron chi connectivity index (χ3n) is 5.89. The number of aryl methyl sites for hydroxylation is 2. The van der Waals surface area contributed by atoms with E-state index in [4.69, 9.17) is 4.98 Å². The van der Waals surface area contributed by atoms with Gasteiger partial charge >= 0.3 is 0 Å². The first-order valence-corrected chi connectivity index (χ1v) is 13.7. The predicted molar refractivity (Wildman–Crippen MR) is 153 cm³/mol. The molecular formula is C30H24N4OS2. The zero-order valence-corrected chi connectivity index (χ0v) is 22.1.